The number of piperidine rings is 1. The van der Waals surface area contributed by atoms with Crippen LogP contribution in [-0.4, -0.2) is 59.5 Å². The predicted molar refractivity (Wildman–Crippen MR) is 110 cm³/mol. The number of hydrogen-bond donors (Lipinski definition) is 3. The van der Waals surface area contributed by atoms with E-state index in [4.69, 9.17) is 5.11 Å². The quantitative estimate of drug-likeness (QED) is 0.607. The molecule has 3 N–H and O–H groups in total. The van der Waals surface area contributed by atoms with E-state index in [1.807, 2.05) is 38.1 Å². The van der Waals surface area contributed by atoms with Crippen molar-refractivity contribution < 1.29 is 19.5 Å². The van der Waals surface area contributed by atoms with Crippen LogP contribution in [0.4, 0.5) is 0 Å². The number of aryl methyl sites for hydroxylation is 1. The molecule has 0 radical (unpaired) electrons. The molecule has 1 aromatic carbocycles. The monoisotopic (exact) mass is 411 g/mol. The van der Waals surface area contributed by atoms with Crippen molar-refractivity contribution >= 4 is 30.2 Å². The van der Waals surface area contributed by atoms with E-state index in [2.05, 4.69) is 10.6 Å². The van der Waals surface area contributed by atoms with Gasteiger partial charge in [-0.15, -0.1) is 12.4 Å². The summed E-state index contributed by atoms with van der Waals surface area (Å²) < 4.78 is 0. The zero-order chi connectivity index (χ0) is 19.8. The van der Waals surface area contributed by atoms with Crippen molar-refractivity contribution in [2.45, 2.75) is 51.6 Å². The van der Waals surface area contributed by atoms with E-state index in [9.17, 15) is 14.4 Å². The van der Waals surface area contributed by atoms with E-state index in [0.29, 0.717) is 37.9 Å². The van der Waals surface area contributed by atoms with Crippen molar-refractivity contribution in [2.24, 2.45) is 0 Å². The Morgan fingerprint density at radius 1 is 1.21 bits per heavy atom. The van der Waals surface area contributed by atoms with Gasteiger partial charge >= 0.3 is 5.97 Å². The summed E-state index contributed by atoms with van der Waals surface area (Å²) >= 11 is 0. The van der Waals surface area contributed by atoms with Crippen molar-refractivity contribution in [3.8, 4) is 0 Å². The number of hydrogen-bond acceptors (Lipinski definition) is 4. The molecule has 2 amide bonds. The number of aliphatic carboxylic acids is 1. The van der Waals surface area contributed by atoms with Gasteiger partial charge in [-0.2, -0.15) is 0 Å². The molecule has 1 unspecified atom stereocenters. The Labute approximate surface area is 172 Å². The first kappa shape index (κ1) is 23.9. The second-order valence-corrected chi connectivity index (χ2v) is 7.00. The number of nitrogens with one attached hydrogen (secondary N) is 2. The molecule has 28 heavy (non-hydrogen) atoms. The number of amides is 2. The Hall–Kier alpha value is -2.12. The molecule has 0 bridgehead atoms. The zero-order valence-corrected chi connectivity index (χ0v) is 17.3. The summed E-state index contributed by atoms with van der Waals surface area (Å²) in [6.45, 7) is 4.97. The summed E-state index contributed by atoms with van der Waals surface area (Å²) in [5.41, 5.74) is 1.62. The lowest BCUT2D eigenvalue weighted by molar-refractivity contribution is -0.140. The summed E-state index contributed by atoms with van der Waals surface area (Å²) in [5, 5.41) is 15.0. The summed E-state index contributed by atoms with van der Waals surface area (Å²) in [7, 11) is 0. The van der Waals surface area contributed by atoms with Gasteiger partial charge in [0.05, 0.1) is 6.54 Å². The molecule has 2 rings (SSSR count). The molecule has 1 atom stereocenters. The Kier molecular flexibility index (Phi) is 9.96. The summed E-state index contributed by atoms with van der Waals surface area (Å²) in [6, 6.07) is 6.82. The second-order valence-electron chi connectivity index (χ2n) is 7.00. The van der Waals surface area contributed by atoms with E-state index in [1.54, 1.807) is 4.90 Å². The fourth-order valence-corrected chi connectivity index (χ4v) is 3.29. The Bertz CT molecular complexity index is 675. The summed E-state index contributed by atoms with van der Waals surface area (Å²) in [5.74, 6) is -1.10. The molecule has 1 fully saturated rings. The van der Waals surface area contributed by atoms with Gasteiger partial charge < -0.3 is 15.3 Å². The van der Waals surface area contributed by atoms with Crippen LogP contribution in [0.5, 0.6) is 0 Å². The maximum Gasteiger partial charge on any atom is 0.320 e. The fraction of sp³-hybridized carbons (Fsp3) is 0.550. The van der Waals surface area contributed by atoms with Crippen LogP contribution in [0.15, 0.2) is 24.3 Å². The Morgan fingerprint density at radius 2 is 1.86 bits per heavy atom. The van der Waals surface area contributed by atoms with Crippen LogP contribution in [0.1, 0.15) is 48.5 Å². The number of nitrogens with zero attached hydrogens (tertiary/aromatic N) is 1. The van der Waals surface area contributed by atoms with Crippen molar-refractivity contribution in [1.29, 1.82) is 0 Å². The minimum absolute atomic E-state index is 0. The number of halogens is 1. The molecule has 1 aliphatic rings. The van der Waals surface area contributed by atoms with Crippen LogP contribution in [0.3, 0.4) is 0 Å². The topological polar surface area (TPSA) is 98.7 Å². The lowest BCUT2D eigenvalue weighted by Gasteiger charge is -2.33. The third kappa shape index (κ3) is 6.80. The number of carboxylic acid groups (broad SMARTS) is 1. The average Bonchev–Trinajstić information content (AvgIpc) is 2.65. The molecule has 1 heterocycles. The first-order chi connectivity index (χ1) is 12.9. The highest BCUT2D eigenvalue weighted by Gasteiger charge is 2.25. The lowest BCUT2D eigenvalue weighted by Crippen LogP contribution is -2.50. The molecular formula is C20H30ClN3O4. The molecule has 1 aromatic rings. The number of benzene rings is 1. The molecule has 0 aliphatic carbocycles. The molecule has 8 heteroatoms. The second kappa shape index (κ2) is 11.7. The van der Waals surface area contributed by atoms with Crippen molar-refractivity contribution in [3.05, 3.63) is 35.4 Å². The van der Waals surface area contributed by atoms with Crippen LogP contribution in [0.2, 0.25) is 0 Å². The Balaban J connectivity index is 0.00000392. The number of likely N-dealkylation sites (tertiary alicyclic amines) is 1. The first-order valence-electron chi connectivity index (χ1n) is 9.52. The molecular weight excluding hydrogens is 382 g/mol. The van der Waals surface area contributed by atoms with Crippen molar-refractivity contribution in [2.75, 3.05) is 19.6 Å². The highest BCUT2D eigenvalue weighted by atomic mass is 35.5. The smallest absolute Gasteiger partial charge is 0.320 e. The molecule has 0 saturated carbocycles. The number of carbonyl (C=O) groups is 3. The number of carboxylic acids is 1. The minimum atomic E-state index is -0.928. The maximum atomic E-state index is 12.4. The first-order valence-corrected chi connectivity index (χ1v) is 9.52. The fourth-order valence-electron chi connectivity index (χ4n) is 3.29. The normalized spacial score (nSPS) is 15.4. The van der Waals surface area contributed by atoms with E-state index in [0.717, 1.165) is 12.0 Å². The van der Waals surface area contributed by atoms with Gasteiger partial charge in [-0.05, 0) is 37.8 Å². The van der Waals surface area contributed by atoms with Crippen molar-refractivity contribution in [3.63, 3.8) is 0 Å². The SMILES string of the molecule is CCCC(NCC(=O)N1CCC(NC(=O)c2ccccc2C)CC1)C(=O)O.Cl. The maximum absolute atomic E-state index is 12.4. The highest BCUT2D eigenvalue weighted by molar-refractivity contribution is 5.95. The van der Waals surface area contributed by atoms with Gasteiger partial charge in [0.25, 0.3) is 5.91 Å². The van der Waals surface area contributed by atoms with E-state index >= 15 is 0 Å². The third-order valence-corrected chi connectivity index (χ3v) is 4.95. The molecule has 7 nitrogen and oxygen atoms in total. The standard InChI is InChI=1S/C20H29N3O4.ClH/c1-3-6-17(20(26)27)21-13-18(24)23-11-9-15(10-12-23)22-19(25)16-8-5-4-7-14(16)2;/h4-5,7-8,15,17,21H,3,6,9-13H2,1-2H3,(H,22,25)(H,26,27);1H. The average molecular weight is 412 g/mol. The van der Waals surface area contributed by atoms with E-state index in [1.165, 1.54) is 0 Å². The predicted octanol–water partition coefficient (Wildman–Crippen LogP) is 1.98. The van der Waals surface area contributed by atoms with Gasteiger partial charge in [-0.3, -0.25) is 19.7 Å². The van der Waals surface area contributed by atoms with Gasteiger partial charge in [0.1, 0.15) is 6.04 Å². The Morgan fingerprint density at radius 3 is 2.43 bits per heavy atom. The zero-order valence-electron chi connectivity index (χ0n) is 16.4. The van der Waals surface area contributed by atoms with Gasteiger partial charge in [0, 0.05) is 24.7 Å². The molecule has 1 aliphatic heterocycles. The molecule has 156 valence electrons. The minimum Gasteiger partial charge on any atom is -0.480 e. The number of carbonyl (C=O) groups excluding carboxylic acids is 2. The lowest BCUT2D eigenvalue weighted by atomic mass is 10.0. The van der Waals surface area contributed by atoms with Gasteiger partial charge in [0.15, 0.2) is 0 Å². The van der Waals surface area contributed by atoms with E-state index < -0.39 is 12.0 Å². The molecule has 0 spiro atoms. The molecule has 1 saturated heterocycles. The van der Waals surface area contributed by atoms with E-state index in [-0.39, 0.29) is 36.8 Å². The largest absolute Gasteiger partial charge is 0.480 e. The van der Waals surface area contributed by atoms with Gasteiger partial charge in [0.2, 0.25) is 5.91 Å². The van der Waals surface area contributed by atoms with Crippen LogP contribution in [-0.2, 0) is 9.59 Å². The van der Waals surface area contributed by atoms with Crippen LogP contribution in [0, 0.1) is 6.92 Å². The van der Waals surface area contributed by atoms with Gasteiger partial charge in [-0.25, -0.2) is 0 Å². The van der Waals surface area contributed by atoms with Gasteiger partial charge in [-0.1, -0.05) is 31.5 Å². The highest BCUT2D eigenvalue weighted by Crippen LogP contribution is 2.13. The van der Waals surface area contributed by atoms with Crippen LogP contribution < -0.4 is 10.6 Å². The van der Waals surface area contributed by atoms with Crippen LogP contribution in [0.25, 0.3) is 0 Å². The van der Waals surface area contributed by atoms with Crippen molar-refractivity contribution in [1.82, 2.24) is 15.5 Å². The summed E-state index contributed by atoms with van der Waals surface area (Å²) in [6.07, 6.45) is 2.63. The molecule has 0 aromatic heterocycles. The number of rotatable bonds is 8. The summed E-state index contributed by atoms with van der Waals surface area (Å²) in [4.78, 5) is 37.6. The van der Waals surface area contributed by atoms with Crippen LogP contribution >= 0.6 is 12.4 Å². The third-order valence-electron chi connectivity index (χ3n) is 4.95.